The minimum Gasteiger partial charge on any atom is -0.361 e. The minimum atomic E-state index is -3.87. The van der Waals surface area contributed by atoms with Crippen molar-refractivity contribution in [1.29, 1.82) is 0 Å². The van der Waals surface area contributed by atoms with Crippen LogP contribution in [0.4, 0.5) is 0 Å². The first kappa shape index (κ1) is 18.0. The molecule has 0 heterocycles. The molecule has 0 fully saturated rings. The molecule has 0 saturated carbocycles. The first-order valence-corrected chi connectivity index (χ1v) is 8.85. The van der Waals surface area contributed by atoms with E-state index in [1.807, 2.05) is 30.3 Å². The normalized spacial score (nSPS) is 10.9. The van der Waals surface area contributed by atoms with Gasteiger partial charge in [-0.25, -0.2) is 13.1 Å². The van der Waals surface area contributed by atoms with Crippen LogP contribution in [0, 0.1) is 0 Å². The third kappa shape index (κ3) is 4.59. The highest BCUT2D eigenvalue weighted by Crippen LogP contribution is 2.22. The number of nitrogens with zero attached hydrogens (tertiary/aromatic N) is 2. The lowest BCUT2D eigenvalue weighted by Crippen LogP contribution is -2.26. The van der Waals surface area contributed by atoms with Gasteiger partial charge < -0.3 is 5.53 Å². The predicted octanol–water partition coefficient (Wildman–Crippen LogP) is 2.34. The average molecular weight is 364 g/mol. The zero-order valence-electron chi connectivity index (χ0n) is 12.5. The lowest BCUT2D eigenvalue weighted by atomic mass is 10.1. The van der Waals surface area contributed by atoms with E-state index in [0.29, 0.717) is 12.6 Å². The van der Waals surface area contributed by atoms with Crippen LogP contribution in [-0.2, 0) is 16.4 Å². The SMILES string of the molecule is [N-]=[N+]=CC(=O)c1ccc(Cl)c(S(=O)(=O)NCCc2ccccc2)c1. The van der Waals surface area contributed by atoms with Crippen molar-refractivity contribution in [2.45, 2.75) is 11.3 Å². The number of benzene rings is 2. The summed E-state index contributed by atoms with van der Waals surface area (Å²) in [5.74, 6) is -0.630. The van der Waals surface area contributed by atoms with E-state index in [1.165, 1.54) is 12.1 Å². The van der Waals surface area contributed by atoms with Gasteiger partial charge in [-0.05, 0) is 30.2 Å². The van der Waals surface area contributed by atoms with E-state index >= 15 is 0 Å². The Morgan fingerprint density at radius 3 is 2.58 bits per heavy atom. The van der Waals surface area contributed by atoms with Crippen molar-refractivity contribution in [3.8, 4) is 0 Å². The summed E-state index contributed by atoms with van der Waals surface area (Å²) in [6.07, 6.45) is 1.20. The van der Waals surface area contributed by atoms with E-state index in [-0.39, 0.29) is 22.0 Å². The quantitative estimate of drug-likeness (QED) is 0.353. The van der Waals surface area contributed by atoms with E-state index in [4.69, 9.17) is 17.1 Å². The Kier molecular flexibility index (Phi) is 6.00. The maximum Gasteiger partial charge on any atom is 0.328 e. The molecule has 0 saturated heterocycles. The van der Waals surface area contributed by atoms with Crippen LogP contribution < -0.4 is 4.72 Å². The maximum absolute atomic E-state index is 12.4. The molecule has 0 atom stereocenters. The van der Waals surface area contributed by atoms with Crippen LogP contribution in [0.15, 0.2) is 53.4 Å². The number of ketones is 1. The number of hydrogen-bond donors (Lipinski definition) is 1. The van der Waals surface area contributed by atoms with Gasteiger partial charge in [-0.1, -0.05) is 41.9 Å². The number of nitrogens with one attached hydrogen (secondary N) is 1. The average Bonchev–Trinajstić information content (AvgIpc) is 2.56. The highest BCUT2D eigenvalue weighted by atomic mass is 35.5. The van der Waals surface area contributed by atoms with Gasteiger partial charge in [0.25, 0.3) is 5.78 Å². The number of hydrogen-bond acceptors (Lipinski definition) is 3. The molecule has 0 aliphatic heterocycles. The maximum atomic E-state index is 12.4. The van der Waals surface area contributed by atoms with E-state index in [2.05, 4.69) is 9.51 Å². The molecule has 2 aromatic rings. The Morgan fingerprint density at radius 2 is 1.92 bits per heavy atom. The molecule has 2 rings (SSSR count). The predicted molar refractivity (Wildman–Crippen MR) is 90.8 cm³/mol. The lowest BCUT2D eigenvalue weighted by Gasteiger charge is -2.09. The standard InChI is InChI=1S/C16H14ClN3O3S/c17-14-7-6-13(15(21)11-19-18)10-16(14)24(22,23)20-9-8-12-4-2-1-3-5-12/h1-7,10-11,20H,8-9H2. The molecule has 0 spiro atoms. The van der Waals surface area contributed by atoms with Gasteiger partial charge >= 0.3 is 6.21 Å². The molecule has 2 aromatic carbocycles. The van der Waals surface area contributed by atoms with E-state index < -0.39 is 15.8 Å². The van der Waals surface area contributed by atoms with Gasteiger partial charge in [0.05, 0.1) is 5.02 Å². The Hall–Kier alpha value is -2.31. The van der Waals surface area contributed by atoms with Crippen molar-refractivity contribution in [1.82, 2.24) is 4.72 Å². The summed E-state index contributed by atoms with van der Waals surface area (Å²) in [5, 5.41) is -0.000279. The number of carbonyl (C=O) groups excluding carboxylic acids is 1. The molecule has 0 radical (unpaired) electrons. The first-order chi connectivity index (χ1) is 11.4. The highest BCUT2D eigenvalue weighted by Gasteiger charge is 2.20. The van der Waals surface area contributed by atoms with Gasteiger partial charge in [-0.2, -0.15) is 4.79 Å². The Labute approximate surface area is 144 Å². The summed E-state index contributed by atoms with van der Waals surface area (Å²) in [6, 6.07) is 13.2. The van der Waals surface area contributed by atoms with E-state index in [9.17, 15) is 13.2 Å². The van der Waals surface area contributed by atoms with Crippen molar-refractivity contribution >= 4 is 33.6 Å². The molecular weight excluding hydrogens is 350 g/mol. The highest BCUT2D eigenvalue weighted by molar-refractivity contribution is 7.89. The topological polar surface area (TPSA) is 99.6 Å². The van der Waals surface area contributed by atoms with E-state index in [1.54, 1.807) is 0 Å². The molecule has 8 heteroatoms. The monoisotopic (exact) mass is 363 g/mol. The molecule has 0 aromatic heterocycles. The molecule has 0 aliphatic carbocycles. The molecular formula is C16H14ClN3O3S. The molecule has 124 valence electrons. The lowest BCUT2D eigenvalue weighted by molar-refractivity contribution is 0.00234. The number of halogens is 1. The van der Waals surface area contributed by atoms with Gasteiger partial charge in [-0.15, -0.1) is 0 Å². The van der Waals surface area contributed by atoms with Crippen molar-refractivity contribution in [3.63, 3.8) is 0 Å². The van der Waals surface area contributed by atoms with Crippen LogP contribution in [-0.4, -0.2) is 31.8 Å². The zero-order valence-corrected chi connectivity index (χ0v) is 14.1. The molecule has 0 amide bonds. The van der Waals surface area contributed by atoms with E-state index in [0.717, 1.165) is 11.6 Å². The molecule has 6 nitrogen and oxygen atoms in total. The summed E-state index contributed by atoms with van der Waals surface area (Å²) >= 11 is 5.94. The molecule has 0 aliphatic rings. The summed E-state index contributed by atoms with van der Waals surface area (Å²) in [4.78, 5) is 14.1. The van der Waals surface area contributed by atoms with Crippen LogP contribution in [0.1, 0.15) is 15.9 Å². The zero-order chi connectivity index (χ0) is 17.6. The van der Waals surface area contributed by atoms with Crippen LogP contribution in [0.5, 0.6) is 0 Å². The smallest absolute Gasteiger partial charge is 0.328 e. The second-order valence-corrected chi connectivity index (χ2v) is 7.03. The number of Topliss-reactive ketones (excluding diaryl/α,β-unsaturated/α-hetero) is 1. The van der Waals surface area contributed by atoms with Gasteiger partial charge in [0.15, 0.2) is 0 Å². The van der Waals surface area contributed by atoms with Crippen molar-refractivity contribution in [3.05, 3.63) is 70.2 Å². The third-order valence-electron chi connectivity index (χ3n) is 3.23. The number of sulfonamides is 1. The summed E-state index contributed by atoms with van der Waals surface area (Å²) < 4.78 is 27.2. The molecule has 0 unspecified atom stereocenters. The molecule has 24 heavy (non-hydrogen) atoms. The van der Waals surface area contributed by atoms with Gasteiger partial charge in [0.1, 0.15) is 4.90 Å². The van der Waals surface area contributed by atoms with Crippen LogP contribution >= 0.6 is 11.6 Å². The Balaban J connectivity index is 2.17. The molecule has 0 bridgehead atoms. The number of rotatable bonds is 7. The fraction of sp³-hybridized carbons (Fsp3) is 0.125. The first-order valence-electron chi connectivity index (χ1n) is 6.99. The second kappa shape index (κ2) is 7.99. The van der Waals surface area contributed by atoms with Crippen LogP contribution in [0.3, 0.4) is 0 Å². The van der Waals surface area contributed by atoms with Crippen molar-refractivity contribution in [2.75, 3.05) is 6.54 Å². The van der Waals surface area contributed by atoms with Crippen molar-refractivity contribution < 1.29 is 18.0 Å². The fourth-order valence-electron chi connectivity index (χ4n) is 2.04. The Bertz CT molecular complexity index is 892. The van der Waals surface area contributed by atoms with Gasteiger partial charge in [0.2, 0.25) is 10.0 Å². The largest absolute Gasteiger partial charge is 0.361 e. The summed E-state index contributed by atoms with van der Waals surface area (Å²) in [5.41, 5.74) is 9.45. The fourth-order valence-corrected chi connectivity index (χ4v) is 3.60. The van der Waals surface area contributed by atoms with Gasteiger partial charge in [-0.3, -0.25) is 4.79 Å². The minimum absolute atomic E-state index is 0.000279. The third-order valence-corrected chi connectivity index (χ3v) is 5.17. The number of carbonyl (C=O) groups is 1. The van der Waals surface area contributed by atoms with Crippen LogP contribution in [0.2, 0.25) is 5.02 Å². The van der Waals surface area contributed by atoms with Crippen LogP contribution in [0.25, 0.3) is 5.53 Å². The van der Waals surface area contributed by atoms with Crippen molar-refractivity contribution in [2.24, 2.45) is 0 Å². The Morgan fingerprint density at radius 1 is 1.21 bits per heavy atom. The second-order valence-electron chi connectivity index (χ2n) is 4.89. The summed E-state index contributed by atoms with van der Waals surface area (Å²) in [7, 11) is -3.87. The van der Waals surface area contributed by atoms with Gasteiger partial charge in [0, 0.05) is 12.1 Å². The summed E-state index contributed by atoms with van der Waals surface area (Å²) in [6.45, 7) is 0.193. The molecule has 1 N–H and O–H groups in total.